The highest BCUT2D eigenvalue weighted by molar-refractivity contribution is 4.98. The molecule has 2 saturated heterocycles. The molecular formula is C10H19NO2. The topological polar surface area (TPSA) is 44.5 Å². The summed E-state index contributed by atoms with van der Waals surface area (Å²) in [6.45, 7) is 5.64. The number of rotatable bonds is 1. The first kappa shape index (κ1) is 9.44. The predicted molar refractivity (Wildman–Crippen MR) is 50.5 cm³/mol. The van der Waals surface area contributed by atoms with Gasteiger partial charge in [-0.3, -0.25) is 0 Å². The highest BCUT2D eigenvalue weighted by Gasteiger charge is 2.49. The lowest BCUT2D eigenvalue weighted by Crippen LogP contribution is -2.32. The standard InChI is InChI=1S/C10H19NO2/c1-9(2)6-10(7-12-9)4-3-8(5-11)13-10/h8H,3-7,11H2,1-2H3/t8-,10-/m0/s1. The number of hydrogen-bond donors (Lipinski definition) is 1. The van der Waals surface area contributed by atoms with Gasteiger partial charge in [-0.15, -0.1) is 0 Å². The van der Waals surface area contributed by atoms with E-state index in [1.165, 1.54) is 0 Å². The van der Waals surface area contributed by atoms with E-state index in [4.69, 9.17) is 15.2 Å². The van der Waals surface area contributed by atoms with Gasteiger partial charge >= 0.3 is 0 Å². The average Bonchev–Trinajstić information content (AvgIpc) is 2.57. The Labute approximate surface area is 79.6 Å². The van der Waals surface area contributed by atoms with E-state index >= 15 is 0 Å². The van der Waals surface area contributed by atoms with Gasteiger partial charge in [0.2, 0.25) is 0 Å². The maximum atomic E-state index is 5.94. The largest absolute Gasteiger partial charge is 0.372 e. The molecule has 2 N–H and O–H groups in total. The zero-order valence-corrected chi connectivity index (χ0v) is 8.51. The molecule has 3 nitrogen and oxygen atoms in total. The lowest BCUT2D eigenvalue weighted by Gasteiger charge is -2.23. The molecule has 0 amide bonds. The molecule has 2 fully saturated rings. The SMILES string of the molecule is CC1(C)C[C@@]2(CC[C@@H](CN)O2)CO1. The molecule has 2 heterocycles. The van der Waals surface area contributed by atoms with Gasteiger partial charge < -0.3 is 15.2 Å². The van der Waals surface area contributed by atoms with Gasteiger partial charge in [0, 0.05) is 13.0 Å². The molecule has 0 aromatic rings. The molecule has 2 aliphatic heterocycles. The predicted octanol–water partition coefficient (Wildman–Crippen LogP) is 1.06. The van der Waals surface area contributed by atoms with Crippen LogP contribution in [0.1, 0.15) is 33.1 Å². The normalized spacial score (nSPS) is 43.2. The van der Waals surface area contributed by atoms with Crippen LogP contribution in [0.15, 0.2) is 0 Å². The number of ether oxygens (including phenoxy) is 2. The summed E-state index contributed by atoms with van der Waals surface area (Å²) in [5.74, 6) is 0. The van der Waals surface area contributed by atoms with E-state index in [1.54, 1.807) is 0 Å². The lowest BCUT2D eigenvalue weighted by molar-refractivity contribution is -0.0433. The first-order valence-electron chi connectivity index (χ1n) is 5.07. The second kappa shape index (κ2) is 2.94. The number of nitrogens with two attached hydrogens (primary N) is 1. The zero-order valence-electron chi connectivity index (χ0n) is 8.51. The van der Waals surface area contributed by atoms with Crippen molar-refractivity contribution in [2.75, 3.05) is 13.2 Å². The lowest BCUT2D eigenvalue weighted by atomic mass is 9.91. The van der Waals surface area contributed by atoms with E-state index in [0.717, 1.165) is 25.9 Å². The van der Waals surface area contributed by atoms with Gasteiger partial charge in [-0.05, 0) is 26.7 Å². The van der Waals surface area contributed by atoms with E-state index < -0.39 is 0 Å². The Balaban J connectivity index is 2.01. The van der Waals surface area contributed by atoms with Crippen molar-refractivity contribution in [2.45, 2.75) is 50.4 Å². The molecule has 2 aliphatic rings. The Kier molecular flexibility index (Phi) is 2.13. The Hall–Kier alpha value is -0.120. The molecular weight excluding hydrogens is 166 g/mol. The second-order valence-electron chi connectivity index (χ2n) is 4.92. The van der Waals surface area contributed by atoms with Crippen molar-refractivity contribution in [3.63, 3.8) is 0 Å². The van der Waals surface area contributed by atoms with Crippen LogP contribution in [0.25, 0.3) is 0 Å². The van der Waals surface area contributed by atoms with Crippen molar-refractivity contribution in [1.29, 1.82) is 0 Å². The van der Waals surface area contributed by atoms with E-state index in [0.29, 0.717) is 6.54 Å². The Bertz CT molecular complexity index is 205. The summed E-state index contributed by atoms with van der Waals surface area (Å²) >= 11 is 0. The summed E-state index contributed by atoms with van der Waals surface area (Å²) in [7, 11) is 0. The Morgan fingerprint density at radius 3 is 2.69 bits per heavy atom. The van der Waals surface area contributed by atoms with Gasteiger partial charge in [0.15, 0.2) is 0 Å². The van der Waals surface area contributed by atoms with Crippen LogP contribution in [0.2, 0.25) is 0 Å². The zero-order chi connectivity index (χ0) is 9.53. The van der Waals surface area contributed by atoms with Crippen molar-refractivity contribution in [3.05, 3.63) is 0 Å². The van der Waals surface area contributed by atoms with E-state index in [1.807, 2.05) is 0 Å². The van der Waals surface area contributed by atoms with Gasteiger partial charge in [0.1, 0.15) is 0 Å². The molecule has 0 bridgehead atoms. The summed E-state index contributed by atoms with van der Waals surface area (Å²) in [4.78, 5) is 0. The number of hydrogen-bond acceptors (Lipinski definition) is 3. The highest BCUT2D eigenvalue weighted by atomic mass is 16.6. The van der Waals surface area contributed by atoms with Crippen LogP contribution in [-0.4, -0.2) is 30.5 Å². The first-order chi connectivity index (χ1) is 6.05. The second-order valence-corrected chi connectivity index (χ2v) is 4.92. The minimum absolute atomic E-state index is 0.00641. The minimum Gasteiger partial charge on any atom is -0.372 e. The molecule has 2 rings (SSSR count). The fourth-order valence-corrected chi connectivity index (χ4v) is 2.50. The molecule has 2 atom stereocenters. The van der Waals surface area contributed by atoms with Crippen molar-refractivity contribution in [3.8, 4) is 0 Å². The summed E-state index contributed by atoms with van der Waals surface area (Å²) in [6.07, 6.45) is 3.47. The molecule has 3 heteroatoms. The average molecular weight is 185 g/mol. The van der Waals surface area contributed by atoms with Gasteiger partial charge in [0.25, 0.3) is 0 Å². The quantitative estimate of drug-likeness (QED) is 0.664. The Morgan fingerprint density at radius 1 is 1.46 bits per heavy atom. The smallest absolute Gasteiger partial charge is 0.0947 e. The molecule has 1 spiro atoms. The molecule has 76 valence electrons. The van der Waals surface area contributed by atoms with Gasteiger partial charge in [-0.25, -0.2) is 0 Å². The molecule has 0 aliphatic carbocycles. The van der Waals surface area contributed by atoms with Crippen LogP contribution in [-0.2, 0) is 9.47 Å². The first-order valence-corrected chi connectivity index (χ1v) is 5.07. The maximum absolute atomic E-state index is 5.94. The molecule has 0 saturated carbocycles. The maximum Gasteiger partial charge on any atom is 0.0947 e. The summed E-state index contributed by atoms with van der Waals surface area (Å²) in [5, 5.41) is 0. The summed E-state index contributed by atoms with van der Waals surface area (Å²) < 4.78 is 11.6. The highest BCUT2D eigenvalue weighted by Crippen LogP contribution is 2.43. The third-order valence-electron chi connectivity index (χ3n) is 3.08. The van der Waals surface area contributed by atoms with E-state index in [-0.39, 0.29) is 17.3 Å². The van der Waals surface area contributed by atoms with Gasteiger partial charge in [-0.2, -0.15) is 0 Å². The van der Waals surface area contributed by atoms with Crippen LogP contribution < -0.4 is 5.73 Å². The fraction of sp³-hybridized carbons (Fsp3) is 1.00. The van der Waals surface area contributed by atoms with Crippen LogP contribution in [0.4, 0.5) is 0 Å². The fourth-order valence-electron chi connectivity index (χ4n) is 2.50. The minimum atomic E-state index is -0.0104. The van der Waals surface area contributed by atoms with Gasteiger partial charge in [0.05, 0.1) is 23.9 Å². The van der Waals surface area contributed by atoms with Crippen molar-refractivity contribution in [2.24, 2.45) is 5.73 Å². The molecule has 13 heavy (non-hydrogen) atoms. The van der Waals surface area contributed by atoms with Gasteiger partial charge in [-0.1, -0.05) is 0 Å². The summed E-state index contributed by atoms with van der Waals surface area (Å²) in [5.41, 5.74) is 5.57. The van der Waals surface area contributed by atoms with Crippen molar-refractivity contribution >= 4 is 0 Å². The summed E-state index contributed by atoms with van der Waals surface area (Å²) in [6, 6.07) is 0. The van der Waals surface area contributed by atoms with Crippen molar-refractivity contribution in [1.82, 2.24) is 0 Å². The van der Waals surface area contributed by atoms with Crippen molar-refractivity contribution < 1.29 is 9.47 Å². The monoisotopic (exact) mass is 185 g/mol. The van der Waals surface area contributed by atoms with Crippen LogP contribution >= 0.6 is 0 Å². The third-order valence-corrected chi connectivity index (χ3v) is 3.08. The molecule has 0 unspecified atom stereocenters. The van der Waals surface area contributed by atoms with Crippen LogP contribution in [0, 0.1) is 0 Å². The van der Waals surface area contributed by atoms with E-state index in [9.17, 15) is 0 Å². The molecule has 0 aromatic heterocycles. The Morgan fingerprint density at radius 2 is 2.23 bits per heavy atom. The molecule has 0 aromatic carbocycles. The van der Waals surface area contributed by atoms with E-state index in [2.05, 4.69) is 13.8 Å². The van der Waals surface area contributed by atoms with Crippen LogP contribution in [0.5, 0.6) is 0 Å². The molecule has 0 radical (unpaired) electrons. The van der Waals surface area contributed by atoms with Crippen LogP contribution in [0.3, 0.4) is 0 Å². The third kappa shape index (κ3) is 1.73.